The second kappa shape index (κ2) is 2.21. The zero-order valence-electron chi connectivity index (χ0n) is 6.95. The quantitative estimate of drug-likeness (QED) is 0.380. The van der Waals surface area contributed by atoms with Gasteiger partial charge in [-0.25, -0.2) is 0 Å². The van der Waals surface area contributed by atoms with Gasteiger partial charge < -0.3 is 0 Å². The van der Waals surface area contributed by atoms with E-state index in [4.69, 9.17) is 0 Å². The molecule has 0 heterocycles. The van der Waals surface area contributed by atoms with Crippen LogP contribution in [0.5, 0.6) is 0 Å². The first kappa shape index (κ1) is 8.53. The summed E-state index contributed by atoms with van der Waals surface area (Å²) < 4.78 is 0.488. The summed E-state index contributed by atoms with van der Waals surface area (Å²) in [4.78, 5) is 0. The highest BCUT2D eigenvalue weighted by molar-refractivity contribution is 9.10. The predicted octanol–water partition coefficient (Wildman–Crippen LogP) is 3.20. The average molecular weight is 219 g/mol. The van der Waals surface area contributed by atoms with Crippen LogP contribution < -0.4 is 0 Å². The van der Waals surface area contributed by atoms with Gasteiger partial charge in [-0.2, -0.15) is 0 Å². The molecule has 0 aromatic heterocycles. The van der Waals surface area contributed by atoms with E-state index in [9.17, 15) is 0 Å². The molecule has 1 fully saturated rings. The van der Waals surface area contributed by atoms with Gasteiger partial charge in [0.05, 0.1) is 8.07 Å². The Morgan fingerprint density at radius 2 is 2.10 bits per heavy atom. The monoisotopic (exact) mass is 218 g/mol. The van der Waals surface area contributed by atoms with E-state index in [1.165, 1.54) is 6.42 Å². The summed E-state index contributed by atoms with van der Waals surface area (Å²) in [5.74, 6) is 0.749. The first-order valence-electron chi connectivity index (χ1n) is 3.73. The number of hydrogen-bond acceptors (Lipinski definition) is 0. The van der Waals surface area contributed by atoms with Gasteiger partial charge in [0, 0.05) is 3.95 Å². The molecule has 2 atom stereocenters. The lowest BCUT2D eigenvalue weighted by Gasteiger charge is -2.23. The fourth-order valence-corrected chi connectivity index (χ4v) is 3.99. The third-order valence-corrected chi connectivity index (χ3v) is 10.0. The summed E-state index contributed by atoms with van der Waals surface area (Å²) >= 11 is 3.83. The van der Waals surface area contributed by atoms with Crippen LogP contribution in [0.3, 0.4) is 0 Å². The van der Waals surface area contributed by atoms with E-state index < -0.39 is 8.07 Å². The van der Waals surface area contributed by atoms with Crippen molar-refractivity contribution in [1.82, 2.24) is 0 Å². The average Bonchev–Trinajstić information content (AvgIpc) is 2.41. The molecule has 2 heteroatoms. The Morgan fingerprint density at radius 1 is 1.60 bits per heavy atom. The van der Waals surface area contributed by atoms with E-state index in [-0.39, 0.29) is 0 Å². The second-order valence-corrected chi connectivity index (χ2v) is 11.7. The highest BCUT2D eigenvalue weighted by Crippen LogP contribution is 2.57. The first-order valence-corrected chi connectivity index (χ1v) is 8.02. The van der Waals surface area contributed by atoms with Crippen molar-refractivity contribution < 1.29 is 0 Å². The molecule has 1 saturated carbocycles. The summed E-state index contributed by atoms with van der Waals surface area (Å²) in [7, 11) is -0.986. The van der Waals surface area contributed by atoms with Crippen LogP contribution in [0.15, 0.2) is 12.7 Å². The van der Waals surface area contributed by atoms with Crippen LogP contribution in [-0.2, 0) is 0 Å². The van der Waals surface area contributed by atoms with Gasteiger partial charge in [0.15, 0.2) is 0 Å². The molecule has 1 aliphatic carbocycles. The molecule has 0 N–H and O–H groups in total. The van der Waals surface area contributed by atoms with Gasteiger partial charge in [-0.1, -0.05) is 41.6 Å². The third-order valence-electron chi connectivity index (χ3n) is 2.48. The first-order chi connectivity index (χ1) is 4.42. The number of hydrogen-bond donors (Lipinski definition) is 0. The number of halogens is 1. The molecule has 0 amide bonds. The van der Waals surface area contributed by atoms with E-state index >= 15 is 0 Å². The number of alkyl halides is 1. The van der Waals surface area contributed by atoms with Crippen molar-refractivity contribution in [2.24, 2.45) is 5.92 Å². The van der Waals surface area contributed by atoms with Crippen LogP contribution in [0.25, 0.3) is 0 Å². The summed E-state index contributed by atoms with van der Waals surface area (Å²) in [5.41, 5.74) is 0. The molecule has 1 aliphatic rings. The van der Waals surface area contributed by atoms with Gasteiger partial charge in [0.25, 0.3) is 0 Å². The fourth-order valence-electron chi connectivity index (χ4n) is 1.39. The van der Waals surface area contributed by atoms with Crippen LogP contribution in [0, 0.1) is 5.92 Å². The highest BCUT2D eigenvalue weighted by atomic mass is 79.9. The number of allylic oxidation sites excluding steroid dienone is 1. The Morgan fingerprint density at radius 3 is 2.20 bits per heavy atom. The van der Waals surface area contributed by atoms with Crippen LogP contribution >= 0.6 is 15.9 Å². The molecular formula is C8H15BrSi. The lowest BCUT2D eigenvalue weighted by Crippen LogP contribution is -2.36. The zero-order valence-corrected chi connectivity index (χ0v) is 9.53. The van der Waals surface area contributed by atoms with Crippen LogP contribution in [-0.4, -0.2) is 12.0 Å². The van der Waals surface area contributed by atoms with Crippen LogP contribution in [0.2, 0.25) is 19.6 Å². The Labute approximate surface area is 72.8 Å². The van der Waals surface area contributed by atoms with Gasteiger partial charge in [0.1, 0.15) is 0 Å². The smallest absolute Gasteiger partial charge is 0.0642 e. The topological polar surface area (TPSA) is 0 Å². The molecule has 0 nitrogen and oxygen atoms in total. The maximum Gasteiger partial charge on any atom is 0.0642 e. The molecule has 0 saturated heterocycles. The van der Waals surface area contributed by atoms with Crippen LogP contribution in [0.4, 0.5) is 0 Å². The lowest BCUT2D eigenvalue weighted by molar-refractivity contribution is 1.09. The zero-order chi connectivity index (χ0) is 7.99. The van der Waals surface area contributed by atoms with Gasteiger partial charge >= 0.3 is 0 Å². The molecule has 0 bridgehead atoms. The highest BCUT2D eigenvalue weighted by Gasteiger charge is 2.58. The van der Waals surface area contributed by atoms with E-state index in [1.807, 2.05) is 0 Å². The van der Waals surface area contributed by atoms with Gasteiger partial charge in [0.2, 0.25) is 0 Å². The van der Waals surface area contributed by atoms with Crippen LogP contribution in [0.1, 0.15) is 6.42 Å². The molecule has 0 aromatic carbocycles. The molecule has 0 spiro atoms. The standard InChI is InChI=1S/C8H15BrSi/c1-5-7-6-8(7,9)10(2,3)4/h5,7H,1,6H2,2-4H3. The summed E-state index contributed by atoms with van der Waals surface area (Å²) in [5, 5.41) is 0. The molecule has 2 unspecified atom stereocenters. The minimum absolute atomic E-state index is 0.488. The fraction of sp³-hybridized carbons (Fsp3) is 0.750. The van der Waals surface area contributed by atoms with Gasteiger partial charge in [-0.05, 0) is 12.3 Å². The van der Waals surface area contributed by atoms with Crippen molar-refractivity contribution in [3.05, 3.63) is 12.7 Å². The molecule has 0 radical (unpaired) electrons. The van der Waals surface area contributed by atoms with Crippen molar-refractivity contribution in [3.8, 4) is 0 Å². The van der Waals surface area contributed by atoms with E-state index in [0.29, 0.717) is 3.95 Å². The SMILES string of the molecule is C=CC1CC1(Br)[Si](C)(C)C. The van der Waals surface area contributed by atoms with Crippen molar-refractivity contribution in [2.45, 2.75) is 30.0 Å². The Hall–Kier alpha value is 0.437. The summed E-state index contributed by atoms with van der Waals surface area (Å²) in [6.07, 6.45) is 3.40. The maximum atomic E-state index is 3.83. The molecule has 0 aromatic rings. The minimum atomic E-state index is -0.986. The third kappa shape index (κ3) is 1.12. The number of rotatable bonds is 2. The lowest BCUT2D eigenvalue weighted by atomic mass is 10.4. The van der Waals surface area contributed by atoms with Gasteiger partial charge in [-0.15, -0.1) is 6.58 Å². The molecule has 1 rings (SSSR count). The van der Waals surface area contributed by atoms with Gasteiger partial charge in [-0.3, -0.25) is 0 Å². The molecule has 58 valence electrons. The Bertz CT molecular complexity index is 159. The van der Waals surface area contributed by atoms with Crippen molar-refractivity contribution in [2.75, 3.05) is 0 Å². The molecule has 0 aliphatic heterocycles. The Balaban J connectivity index is 2.67. The van der Waals surface area contributed by atoms with E-state index in [0.717, 1.165) is 5.92 Å². The molecular weight excluding hydrogens is 204 g/mol. The second-order valence-electron chi connectivity index (χ2n) is 4.16. The van der Waals surface area contributed by atoms with Crippen molar-refractivity contribution in [1.29, 1.82) is 0 Å². The van der Waals surface area contributed by atoms with E-state index in [1.54, 1.807) is 0 Å². The summed E-state index contributed by atoms with van der Waals surface area (Å²) in [6, 6.07) is 0. The normalized spacial score (nSPS) is 39.4. The van der Waals surface area contributed by atoms with E-state index in [2.05, 4.69) is 48.2 Å². The largest absolute Gasteiger partial charge is 0.103 e. The maximum absolute atomic E-state index is 3.83. The Kier molecular flexibility index (Phi) is 1.89. The van der Waals surface area contributed by atoms with Crippen molar-refractivity contribution in [3.63, 3.8) is 0 Å². The van der Waals surface area contributed by atoms with Crippen molar-refractivity contribution >= 4 is 24.0 Å². The summed E-state index contributed by atoms with van der Waals surface area (Å²) in [6.45, 7) is 11.0. The minimum Gasteiger partial charge on any atom is -0.103 e. The molecule has 10 heavy (non-hydrogen) atoms. The predicted molar refractivity (Wildman–Crippen MR) is 53.3 cm³/mol.